The molecule has 2 rings (SSSR count). The highest BCUT2D eigenvalue weighted by molar-refractivity contribution is 7.07. The molecule has 1 unspecified atom stereocenters. The van der Waals surface area contributed by atoms with Crippen LogP contribution in [0.15, 0.2) is 16.8 Å². The Bertz CT molecular complexity index is 334. The summed E-state index contributed by atoms with van der Waals surface area (Å²) in [5.74, 6) is 0. The molecule has 0 aromatic carbocycles. The van der Waals surface area contributed by atoms with Crippen LogP contribution in [-0.2, 0) is 15.9 Å². The zero-order valence-corrected chi connectivity index (χ0v) is 12.1. The van der Waals surface area contributed by atoms with Gasteiger partial charge in [-0.3, -0.25) is 0 Å². The van der Waals surface area contributed by atoms with Crippen molar-refractivity contribution in [3.8, 4) is 0 Å². The number of nitrogens with one attached hydrogen (secondary N) is 1. The molecule has 1 fully saturated rings. The van der Waals surface area contributed by atoms with Crippen LogP contribution in [0.3, 0.4) is 0 Å². The summed E-state index contributed by atoms with van der Waals surface area (Å²) in [6, 6.07) is 2.60. The summed E-state index contributed by atoms with van der Waals surface area (Å²) in [5, 5.41) is 7.82. The summed E-state index contributed by atoms with van der Waals surface area (Å²) < 4.78 is 11.3. The normalized spacial score (nSPS) is 20.8. The monoisotopic (exact) mass is 269 g/mol. The highest BCUT2D eigenvalue weighted by Gasteiger charge is 2.39. The second kappa shape index (κ2) is 6.66. The molecule has 1 saturated heterocycles. The van der Waals surface area contributed by atoms with Crippen LogP contribution in [0.25, 0.3) is 0 Å². The third-order valence-electron chi connectivity index (χ3n) is 4.03. The van der Waals surface area contributed by atoms with Crippen molar-refractivity contribution in [1.82, 2.24) is 5.32 Å². The van der Waals surface area contributed by atoms with Crippen LogP contribution < -0.4 is 5.32 Å². The van der Waals surface area contributed by atoms with E-state index in [9.17, 15) is 0 Å². The second-order valence-electron chi connectivity index (χ2n) is 4.89. The minimum atomic E-state index is -0.0526. The highest BCUT2D eigenvalue weighted by Crippen LogP contribution is 2.30. The quantitative estimate of drug-likeness (QED) is 0.860. The van der Waals surface area contributed by atoms with Gasteiger partial charge in [0.05, 0.1) is 5.60 Å². The maximum Gasteiger partial charge on any atom is 0.0874 e. The van der Waals surface area contributed by atoms with E-state index in [0.29, 0.717) is 6.04 Å². The summed E-state index contributed by atoms with van der Waals surface area (Å²) >= 11 is 1.77. The molecule has 1 aliphatic heterocycles. The van der Waals surface area contributed by atoms with Crippen molar-refractivity contribution in [1.29, 1.82) is 0 Å². The lowest BCUT2D eigenvalue weighted by atomic mass is 9.83. The van der Waals surface area contributed by atoms with Gasteiger partial charge >= 0.3 is 0 Å². The smallest absolute Gasteiger partial charge is 0.0874 e. The van der Waals surface area contributed by atoms with Crippen LogP contribution in [0.2, 0.25) is 0 Å². The first kappa shape index (κ1) is 14.0. The fourth-order valence-corrected chi connectivity index (χ4v) is 3.53. The number of methoxy groups -OCH3 is 1. The van der Waals surface area contributed by atoms with Crippen LogP contribution in [0.1, 0.15) is 24.8 Å². The molecule has 1 aromatic rings. The van der Waals surface area contributed by atoms with Crippen molar-refractivity contribution in [3.05, 3.63) is 22.4 Å². The molecule has 1 aliphatic rings. The molecular weight excluding hydrogens is 246 g/mol. The summed E-state index contributed by atoms with van der Waals surface area (Å²) in [6.45, 7) is 1.62. The number of rotatable bonds is 6. The van der Waals surface area contributed by atoms with Crippen LogP contribution in [0.4, 0.5) is 0 Å². The number of hydrogen-bond acceptors (Lipinski definition) is 4. The van der Waals surface area contributed by atoms with E-state index in [-0.39, 0.29) is 5.60 Å². The third-order valence-corrected chi connectivity index (χ3v) is 4.76. The maximum absolute atomic E-state index is 5.86. The van der Waals surface area contributed by atoms with Gasteiger partial charge in [0.1, 0.15) is 0 Å². The van der Waals surface area contributed by atoms with Crippen molar-refractivity contribution in [2.24, 2.45) is 0 Å². The Labute approximate surface area is 113 Å². The zero-order valence-electron chi connectivity index (χ0n) is 11.3. The minimum Gasteiger partial charge on any atom is -0.381 e. The van der Waals surface area contributed by atoms with E-state index in [0.717, 1.165) is 38.9 Å². The van der Waals surface area contributed by atoms with E-state index >= 15 is 0 Å². The topological polar surface area (TPSA) is 30.5 Å². The fourth-order valence-electron chi connectivity index (χ4n) is 2.83. The molecule has 0 saturated carbocycles. The molecule has 0 bridgehead atoms. The summed E-state index contributed by atoms with van der Waals surface area (Å²) in [6.07, 6.45) is 4.19. The first-order valence-electron chi connectivity index (χ1n) is 6.62. The number of aryl methyl sites for hydroxylation is 1. The predicted molar refractivity (Wildman–Crippen MR) is 75.3 cm³/mol. The number of ether oxygens (including phenoxy) is 2. The van der Waals surface area contributed by atoms with Gasteiger partial charge in [0.2, 0.25) is 0 Å². The standard InChI is InChI=1S/C14H23NO2S/c1-15-13(4-3-12-5-10-18-11-12)14(16-2)6-8-17-9-7-14/h5,10-11,13,15H,3-4,6-9H2,1-2H3. The second-order valence-corrected chi connectivity index (χ2v) is 5.67. The van der Waals surface area contributed by atoms with E-state index in [1.807, 2.05) is 14.2 Å². The average molecular weight is 269 g/mol. The Morgan fingerprint density at radius 1 is 1.50 bits per heavy atom. The van der Waals surface area contributed by atoms with E-state index in [1.165, 1.54) is 5.56 Å². The van der Waals surface area contributed by atoms with Crippen LogP contribution in [0.5, 0.6) is 0 Å². The lowest BCUT2D eigenvalue weighted by molar-refractivity contribution is -0.110. The summed E-state index contributed by atoms with van der Waals surface area (Å²) in [4.78, 5) is 0. The van der Waals surface area contributed by atoms with E-state index in [2.05, 4.69) is 22.1 Å². The Morgan fingerprint density at radius 3 is 2.83 bits per heavy atom. The van der Waals surface area contributed by atoms with Crippen molar-refractivity contribution >= 4 is 11.3 Å². The Hall–Kier alpha value is -0.420. The van der Waals surface area contributed by atoms with Gasteiger partial charge in [0, 0.05) is 39.2 Å². The van der Waals surface area contributed by atoms with Crippen molar-refractivity contribution in [2.75, 3.05) is 27.4 Å². The molecule has 4 heteroatoms. The fraction of sp³-hybridized carbons (Fsp3) is 0.714. The molecule has 0 spiro atoms. The number of thiophene rings is 1. The molecule has 0 radical (unpaired) electrons. The van der Waals surface area contributed by atoms with Crippen LogP contribution >= 0.6 is 11.3 Å². The largest absolute Gasteiger partial charge is 0.381 e. The van der Waals surface area contributed by atoms with E-state index < -0.39 is 0 Å². The Morgan fingerprint density at radius 2 is 2.28 bits per heavy atom. The first-order chi connectivity index (χ1) is 8.80. The van der Waals surface area contributed by atoms with Gasteiger partial charge in [0.15, 0.2) is 0 Å². The van der Waals surface area contributed by atoms with Gasteiger partial charge in [-0.1, -0.05) is 0 Å². The number of hydrogen-bond donors (Lipinski definition) is 1. The molecule has 102 valence electrons. The highest BCUT2D eigenvalue weighted by atomic mass is 32.1. The van der Waals surface area contributed by atoms with Gasteiger partial charge in [0.25, 0.3) is 0 Å². The number of likely N-dealkylation sites (N-methyl/N-ethyl adjacent to an activating group) is 1. The Kier molecular flexibility index (Phi) is 5.18. The first-order valence-corrected chi connectivity index (χ1v) is 7.56. The molecule has 1 atom stereocenters. The van der Waals surface area contributed by atoms with Crippen LogP contribution in [0, 0.1) is 0 Å². The molecule has 0 amide bonds. The Balaban J connectivity index is 1.97. The van der Waals surface area contributed by atoms with Gasteiger partial charge in [-0.15, -0.1) is 0 Å². The van der Waals surface area contributed by atoms with Gasteiger partial charge in [-0.05, 0) is 42.3 Å². The van der Waals surface area contributed by atoms with Gasteiger partial charge in [-0.2, -0.15) is 11.3 Å². The van der Waals surface area contributed by atoms with Gasteiger partial charge in [-0.25, -0.2) is 0 Å². The molecule has 0 aliphatic carbocycles. The van der Waals surface area contributed by atoms with Crippen molar-refractivity contribution in [3.63, 3.8) is 0 Å². The van der Waals surface area contributed by atoms with Gasteiger partial charge < -0.3 is 14.8 Å². The lowest BCUT2D eigenvalue weighted by Gasteiger charge is -2.42. The lowest BCUT2D eigenvalue weighted by Crippen LogP contribution is -2.54. The maximum atomic E-state index is 5.86. The molecule has 1 aromatic heterocycles. The van der Waals surface area contributed by atoms with Crippen molar-refractivity contribution < 1.29 is 9.47 Å². The summed E-state index contributed by atoms with van der Waals surface area (Å²) in [5.41, 5.74) is 1.38. The third kappa shape index (κ3) is 3.12. The van der Waals surface area contributed by atoms with E-state index in [4.69, 9.17) is 9.47 Å². The predicted octanol–water partition coefficient (Wildman–Crippen LogP) is 2.46. The molecule has 3 nitrogen and oxygen atoms in total. The molecule has 2 heterocycles. The minimum absolute atomic E-state index is 0.0526. The molecular formula is C14H23NO2S. The van der Waals surface area contributed by atoms with E-state index in [1.54, 1.807) is 11.3 Å². The van der Waals surface area contributed by atoms with Crippen molar-refractivity contribution in [2.45, 2.75) is 37.3 Å². The zero-order chi connectivity index (χ0) is 12.8. The van der Waals surface area contributed by atoms with Crippen LogP contribution in [-0.4, -0.2) is 39.0 Å². The molecule has 18 heavy (non-hydrogen) atoms. The average Bonchev–Trinajstić information content (AvgIpc) is 2.93. The summed E-state index contributed by atoms with van der Waals surface area (Å²) in [7, 11) is 3.87. The SMILES string of the molecule is CNC(CCc1ccsc1)C1(OC)CCOCC1. The molecule has 1 N–H and O–H groups in total.